The maximum Gasteiger partial charge on any atom is 0.252 e. The number of benzene rings is 2. The van der Waals surface area contributed by atoms with Crippen LogP contribution in [-0.4, -0.2) is 45.7 Å². The molecule has 3 amide bonds. The number of nitriles is 1. The Bertz CT molecular complexity index is 1610. The molecule has 1 saturated carbocycles. The van der Waals surface area contributed by atoms with Crippen molar-refractivity contribution < 1.29 is 31.9 Å². The molecule has 1 aromatic heterocycles. The first-order valence-corrected chi connectivity index (χ1v) is 13.6. The number of carbonyl (C=O) groups excluding carboxylic acids is 3. The zero-order valence-corrected chi connectivity index (χ0v) is 23.1. The van der Waals surface area contributed by atoms with Crippen molar-refractivity contribution in [2.45, 2.75) is 56.2 Å². The standard InChI is InChI=1S/C29H23ClF4N6O3/c30-23-4-2-1-3-22(23)26(27(43)37-19-13-29(33,34)14-19)39(21-10-16(31)9-17(32)11-21)25(42)12-20-5-6-24(41)40(20)28-36-8-7-18(15-35)38-28/h1-4,7-11,19-20,26H,5-6,12-14H2,(H,37,43)/t20-,26-/m0/s1. The van der Waals surface area contributed by atoms with Gasteiger partial charge in [-0.15, -0.1) is 0 Å². The van der Waals surface area contributed by atoms with Gasteiger partial charge in [0.15, 0.2) is 0 Å². The number of halogens is 5. The normalized spacial score (nSPS) is 18.5. The van der Waals surface area contributed by atoms with Gasteiger partial charge in [0.05, 0.1) is 5.69 Å². The molecule has 1 aliphatic carbocycles. The summed E-state index contributed by atoms with van der Waals surface area (Å²) in [6.45, 7) is 0. The highest BCUT2D eigenvalue weighted by Gasteiger charge is 2.47. The quantitative estimate of drug-likeness (QED) is 0.362. The van der Waals surface area contributed by atoms with E-state index in [9.17, 15) is 37.2 Å². The molecule has 5 rings (SSSR count). The zero-order chi connectivity index (χ0) is 30.9. The minimum absolute atomic E-state index is 0.0105. The monoisotopic (exact) mass is 614 g/mol. The second-order valence-corrected chi connectivity index (χ2v) is 10.7. The Balaban J connectivity index is 1.55. The minimum atomic E-state index is -2.96. The predicted molar refractivity (Wildman–Crippen MR) is 146 cm³/mol. The molecule has 222 valence electrons. The van der Waals surface area contributed by atoms with E-state index in [1.165, 1.54) is 35.4 Å². The fraction of sp³-hybridized carbons (Fsp3) is 0.310. The highest BCUT2D eigenvalue weighted by Crippen LogP contribution is 2.39. The summed E-state index contributed by atoms with van der Waals surface area (Å²) in [4.78, 5) is 50.8. The predicted octanol–water partition coefficient (Wildman–Crippen LogP) is 4.85. The van der Waals surface area contributed by atoms with Crippen LogP contribution in [0.2, 0.25) is 5.02 Å². The topological polar surface area (TPSA) is 119 Å². The highest BCUT2D eigenvalue weighted by atomic mass is 35.5. The lowest BCUT2D eigenvalue weighted by atomic mass is 9.87. The smallest absolute Gasteiger partial charge is 0.252 e. The molecule has 43 heavy (non-hydrogen) atoms. The molecule has 1 N–H and O–H groups in total. The van der Waals surface area contributed by atoms with E-state index in [-0.39, 0.29) is 40.8 Å². The summed E-state index contributed by atoms with van der Waals surface area (Å²) in [5.74, 6) is -7.27. The van der Waals surface area contributed by atoms with Crippen LogP contribution < -0.4 is 15.1 Å². The third-order valence-corrected chi connectivity index (χ3v) is 7.59. The van der Waals surface area contributed by atoms with Gasteiger partial charge in [0, 0.05) is 60.6 Å². The van der Waals surface area contributed by atoms with Crippen molar-refractivity contribution in [3.05, 3.63) is 82.6 Å². The van der Waals surface area contributed by atoms with Crippen LogP contribution in [0, 0.1) is 23.0 Å². The zero-order valence-electron chi connectivity index (χ0n) is 22.3. The summed E-state index contributed by atoms with van der Waals surface area (Å²) in [5, 5.41) is 11.8. The molecule has 1 saturated heterocycles. The number of hydrogen-bond donors (Lipinski definition) is 1. The van der Waals surface area contributed by atoms with Gasteiger partial charge in [0.1, 0.15) is 29.4 Å². The Hall–Kier alpha value is -4.57. The molecular weight excluding hydrogens is 592 g/mol. The van der Waals surface area contributed by atoms with Crippen LogP contribution in [0.3, 0.4) is 0 Å². The number of alkyl halides is 2. The van der Waals surface area contributed by atoms with E-state index in [4.69, 9.17) is 11.6 Å². The average molecular weight is 615 g/mol. The van der Waals surface area contributed by atoms with Crippen LogP contribution in [0.1, 0.15) is 49.4 Å². The van der Waals surface area contributed by atoms with E-state index in [1.807, 2.05) is 6.07 Å². The van der Waals surface area contributed by atoms with E-state index in [0.717, 1.165) is 17.0 Å². The largest absolute Gasteiger partial charge is 0.351 e. The van der Waals surface area contributed by atoms with E-state index in [1.54, 1.807) is 6.07 Å². The molecule has 2 fully saturated rings. The van der Waals surface area contributed by atoms with Crippen LogP contribution in [0.15, 0.2) is 54.7 Å². The van der Waals surface area contributed by atoms with Gasteiger partial charge in [-0.2, -0.15) is 5.26 Å². The fourth-order valence-corrected chi connectivity index (χ4v) is 5.53. The van der Waals surface area contributed by atoms with Gasteiger partial charge in [-0.1, -0.05) is 29.8 Å². The third-order valence-electron chi connectivity index (χ3n) is 7.25. The number of anilines is 2. The second kappa shape index (κ2) is 12.0. The minimum Gasteiger partial charge on any atom is -0.351 e. The molecule has 14 heteroatoms. The number of rotatable bonds is 8. The van der Waals surface area contributed by atoms with Gasteiger partial charge in [-0.25, -0.2) is 27.5 Å². The van der Waals surface area contributed by atoms with E-state index in [2.05, 4.69) is 15.3 Å². The molecule has 2 heterocycles. The van der Waals surface area contributed by atoms with Crippen molar-refractivity contribution >= 4 is 41.0 Å². The molecule has 2 atom stereocenters. The number of aromatic nitrogens is 2. The van der Waals surface area contributed by atoms with Gasteiger partial charge in [0.2, 0.25) is 23.7 Å². The first kappa shape index (κ1) is 29.9. The molecule has 0 bridgehead atoms. The third kappa shape index (κ3) is 6.44. The van der Waals surface area contributed by atoms with Crippen molar-refractivity contribution in [2.75, 3.05) is 9.80 Å². The maximum atomic E-state index is 14.5. The lowest BCUT2D eigenvalue weighted by Gasteiger charge is -2.38. The Morgan fingerprint density at radius 3 is 2.51 bits per heavy atom. The maximum absolute atomic E-state index is 14.5. The van der Waals surface area contributed by atoms with E-state index >= 15 is 0 Å². The molecule has 1 aliphatic heterocycles. The highest BCUT2D eigenvalue weighted by molar-refractivity contribution is 6.31. The summed E-state index contributed by atoms with van der Waals surface area (Å²) in [6, 6.07) is 8.11. The number of nitrogens with zero attached hydrogens (tertiary/aromatic N) is 5. The van der Waals surface area contributed by atoms with Gasteiger partial charge >= 0.3 is 0 Å². The van der Waals surface area contributed by atoms with Gasteiger partial charge in [0.25, 0.3) is 5.92 Å². The molecule has 2 aliphatic rings. The van der Waals surface area contributed by atoms with Crippen LogP contribution in [0.4, 0.5) is 29.2 Å². The van der Waals surface area contributed by atoms with Crippen molar-refractivity contribution in [3.63, 3.8) is 0 Å². The summed E-state index contributed by atoms with van der Waals surface area (Å²) in [7, 11) is 0. The summed E-state index contributed by atoms with van der Waals surface area (Å²) < 4.78 is 56.1. The van der Waals surface area contributed by atoms with Crippen LogP contribution >= 0.6 is 11.6 Å². The lowest BCUT2D eigenvalue weighted by molar-refractivity contribution is -0.133. The van der Waals surface area contributed by atoms with Crippen LogP contribution in [0.25, 0.3) is 0 Å². The molecule has 3 aromatic rings. The Morgan fingerprint density at radius 1 is 1.16 bits per heavy atom. The Kier molecular flexibility index (Phi) is 8.32. The number of hydrogen-bond acceptors (Lipinski definition) is 6. The molecule has 0 spiro atoms. The average Bonchev–Trinajstić information content (AvgIpc) is 3.29. The fourth-order valence-electron chi connectivity index (χ4n) is 5.29. The lowest BCUT2D eigenvalue weighted by Crippen LogP contribution is -2.54. The SMILES string of the molecule is N#Cc1ccnc(N2C(=O)CC[C@H]2CC(=O)N(c2cc(F)cc(F)c2)[C@H](C(=O)NC2CC(F)(F)C2)c2ccccc2Cl)n1. The first-order chi connectivity index (χ1) is 20.5. The van der Waals surface area contributed by atoms with Crippen LogP contribution in [0.5, 0.6) is 0 Å². The molecule has 0 radical (unpaired) electrons. The summed E-state index contributed by atoms with van der Waals surface area (Å²) in [6.07, 6.45) is -0.184. The summed E-state index contributed by atoms with van der Waals surface area (Å²) in [5.41, 5.74) is -0.265. The van der Waals surface area contributed by atoms with Crippen molar-refractivity contribution in [2.24, 2.45) is 0 Å². The summed E-state index contributed by atoms with van der Waals surface area (Å²) >= 11 is 6.43. The number of carbonyl (C=O) groups is 3. The number of nitrogens with one attached hydrogen (secondary N) is 1. The van der Waals surface area contributed by atoms with Crippen molar-refractivity contribution in [3.8, 4) is 6.07 Å². The molecule has 2 aromatic carbocycles. The molecule has 9 nitrogen and oxygen atoms in total. The van der Waals surface area contributed by atoms with E-state index in [0.29, 0.717) is 6.07 Å². The van der Waals surface area contributed by atoms with E-state index < -0.39 is 72.7 Å². The van der Waals surface area contributed by atoms with Gasteiger partial charge in [-0.05, 0) is 30.7 Å². The Morgan fingerprint density at radius 2 is 1.86 bits per heavy atom. The first-order valence-electron chi connectivity index (χ1n) is 13.2. The van der Waals surface area contributed by atoms with Crippen LogP contribution in [-0.2, 0) is 14.4 Å². The number of amides is 3. The van der Waals surface area contributed by atoms with Crippen molar-refractivity contribution in [1.82, 2.24) is 15.3 Å². The Labute approximate surface area is 248 Å². The van der Waals surface area contributed by atoms with Crippen molar-refractivity contribution in [1.29, 1.82) is 5.26 Å². The van der Waals surface area contributed by atoms with Gasteiger partial charge in [-0.3, -0.25) is 24.2 Å². The molecular formula is C29H23ClF4N6O3. The van der Waals surface area contributed by atoms with Gasteiger partial charge < -0.3 is 5.32 Å². The molecule has 0 unspecified atom stereocenters. The second-order valence-electron chi connectivity index (χ2n) is 10.3.